The Hall–Kier alpha value is -2.46. The van der Waals surface area contributed by atoms with Gasteiger partial charge in [0.25, 0.3) is 5.91 Å². The standard InChI is InChI=1S/C18H17NO3/c20-17(14-7-3-1-4-8-14)16-13-22-12-11-19(16)18(21)15-9-5-2-6-10-15/h1-10,16H,11-13H2. The second-order valence-electron chi connectivity index (χ2n) is 5.19. The summed E-state index contributed by atoms with van der Waals surface area (Å²) in [6.07, 6.45) is 0. The molecule has 1 saturated heterocycles. The van der Waals surface area contributed by atoms with Crippen molar-refractivity contribution in [1.29, 1.82) is 0 Å². The van der Waals surface area contributed by atoms with Gasteiger partial charge in [-0.15, -0.1) is 0 Å². The smallest absolute Gasteiger partial charge is 0.254 e. The average Bonchev–Trinajstić information content (AvgIpc) is 2.62. The van der Waals surface area contributed by atoms with Crippen LogP contribution < -0.4 is 0 Å². The molecular formula is C18H17NO3. The molecule has 1 fully saturated rings. The van der Waals surface area contributed by atoms with Gasteiger partial charge in [0.2, 0.25) is 0 Å². The summed E-state index contributed by atoms with van der Waals surface area (Å²) < 4.78 is 5.43. The van der Waals surface area contributed by atoms with Crippen LogP contribution in [0.4, 0.5) is 0 Å². The molecule has 0 N–H and O–H groups in total. The Morgan fingerprint density at radius 2 is 1.50 bits per heavy atom. The van der Waals surface area contributed by atoms with E-state index < -0.39 is 6.04 Å². The summed E-state index contributed by atoms with van der Waals surface area (Å²) in [4.78, 5) is 27.0. The van der Waals surface area contributed by atoms with Crippen LogP contribution in [-0.4, -0.2) is 42.4 Å². The topological polar surface area (TPSA) is 46.6 Å². The van der Waals surface area contributed by atoms with Crippen molar-refractivity contribution < 1.29 is 14.3 Å². The fraction of sp³-hybridized carbons (Fsp3) is 0.222. The molecular weight excluding hydrogens is 278 g/mol. The lowest BCUT2D eigenvalue weighted by atomic mass is 10.0. The summed E-state index contributed by atoms with van der Waals surface area (Å²) in [7, 11) is 0. The van der Waals surface area contributed by atoms with E-state index in [0.717, 1.165) is 0 Å². The van der Waals surface area contributed by atoms with Gasteiger partial charge >= 0.3 is 0 Å². The Bertz CT molecular complexity index is 595. The Balaban J connectivity index is 1.86. The van der Waals surface area contributed by atoms with Crippen LogP contribution in [0.3, 0.4) is 0 Å². The monoisotopic (exact) mass is 295 g/mol. The molecule has 1 aliphatic heterocycles. The SMILES string of the molecule is O=C(c1ccccc1)C1COCCN1C(=O)c1ccccc1. The van der Waals surface area contributed by atoms with Gasteiger partial charge in [-0.05, 0) is 12.1 Å². The zero-order valence-electron chi connectivity index (χ0n) is 12.1. The summed E-state index contributed by atoms with van der Waals surface area (Å²) in [5.74, 6) is -0.206. The van der Waals surface area contributed by atoms with Crippen LogP contribution in [0, 0.1) is 0 Å². The number of carbonyl (C=O) groups excluding carboxylic acids is 2. The number of benzene rings is 2. The van der Waals surface area contributed by atoms with Gasteiger partial charge in [-0.1, -0.05) is 48.5 Å². The second-order valence-corrected chi connectivity index (χ2v) is 5.19. The normalized spacial score (nSPS) is 18.0. The summed E-state index contributed by atoms with van der Waals surface area (Å²) in [5, 5.41) is 0. The van der Waals surface area contributed by atoms with E-state index in [2.05, 4.69) is 0 Å². The first-order chi connectivity index (χ1) is 10.8. The van der Waals surface area contributed by atoms with Crippen LogP contribution >= 0.6 is 0 Å². The van der Waals surface area contributed by atoms with Gasteiger partial charge in [-0.3, -0.25) is 9.59 Å². The molecule has 0 saturated carbocycles. The van der Waals surface area contributed by atoms with Crippen LogP contribution in [0.15, 0.2) is 60.7 Å². The third-order valence-electron chi connectivity index (χ3n) is 3.77. The predicted octanol–water partition coefficient (Wildman–Crippen LogP) is 2.41. The first-order valence-corrected chi connectivity index (χ1v) is 7.30. The van der Waals surface area contributed by atoms with Gasteiger partial charge in [0.1, 0.15) is 6.04 Å². The zero-order chi connectivity index (χ0) is 15.4. The van der Waals surface area contributed by atoms with Crippen LogP contribution in [-0.2, 0) is 4.74 Å². The van der Waals surface area contributed by atoms with Gasteiger partial charge in [0.05, 0.1) is 13.2 Å². The molecule has 2 aromatic rings. The summed E-state index contributed by atoms with van der Waals surface area (Å²) in [6, 6.07) is 17.5. The quantitative estimate of drug-likeness (QED) is 0.817. The maximum Gasteiger partial charge on any atom is 0.254 e. The number of amides is 1. The average molecular weight is 295 g/mol. The van der Waals surface area contributed by atoms with Gasteiger partial charge in [0.15, 0.2) is 5.78 Å². The molecule has 112 valence electrons. The van der Waals surface area contributed by atoms with Crippen molar-refractivity contribution in [3.8, 4) is 0 Å². The molecule has 0 radical (unpaired) electrons. The number of nitrogens with zero attached hydrogens (tertiary/aromatic N) is 1. The first-order valence-electron chi connectivity index (χ1n) is 7.30. The number of ketones is 1. The molecule has 4 heteroatoms. The molecule has 1 amide bonds. The molecule has 1 unspecified atom stereocenters. The van der Waals surface area contributed by atoms with Crippen molar-refractivity contribution in [2.45, 2.75) is 6.04 Å². The van der Waals surface area contributed by atoms with Gasteiger partial charge in [-0.25, -0.2) is 0 Å². The molecule has 0 bridgehead atoms. The van der Waals surface area contributed by atoms with E-state index in [9.17, 15) is 9.59 Å². The van der Waals surface area contributed by atoms with Gasteiger partial charge in [-0.2, -0.15) is 0 Å². The minimum absolute atomic E-state index is 0.0791. The van der Waals surface area contributed by atoms with Crippen LogP contribution in [0.25, 0.3) is 0 Å². The lowest BCUT2D eigenvalue weighted by Gasteiger charge is -2.34. The lowest BCUT2D eigenvalue weighted by Crippen LogP contribution is -2.52. The third-order valence-corrected chi connectivity index (χ3v) is 3.77. The number of carbonyl (C=O) groups is 2. The van der Waals surface area contributed by atoms with Crippen molar-refractivity contribution in [1.82, 2.24) is 4.90 Å². The van der Waals surface area contributed by atoms with Crippen molar-refractivity contribution in [2.75, 3.05) is 19.8 Å². The van der Waals surface area contributed by atoms with E-state index in [1.807, 2.05) is 36.4 Å². The molecule has 0 aliphatic carbocycles. The summed E-state index contributed by atoms with van der Waals surface area (Å²) in [5.41, 5.74) is 1.19. The van der Waals surface area contributed by atoms with Crippen molar-refractivity contribution >= 4 is 11.7 Å². The fourth-order valence-corrected chi connectivity index (χ4v) is 2.61. The number of hydrogen-bond acceptors (Lipinski definition) is 3. The highest BCUT2D eigenvalue weighted by molar-refractivity contribution is 6.04. The fourth-order valence-electron chi connectivity index (χ4n) is 2.61. The number of Topliss-reactive ketones (excluding diaryl/α,β-unsaturated/α-hetero) is 1. The number of hydrogen-bond donors (Lipinski definition) is 0. The molecule has 4 nitrogen and oxygen atoms in total. The highest BCUT2D eigenvalue weighted by atomic mass is 16.5. The van der Waals surface area contributed by atoms with Crippen molar-refractivity contribution in [3.63, 3.8) is 0 Å². The Morgan fingerprint density at radius 3 is 2.14 bits per heavy atom. The van der Waals surface area contributed by atoms with E-state index >= 15 is 0 Å². The summed E-state index contributed by atoms with van der Waals surface area (Å²) in [6.45, 7) is 1.13. The molecule has 1 aliphatic rings. The molecule has 0 aromatic heterocycles. The van der Waals surface area contributed by atoms with E-state index in [4.69, 9.17) is 4.74 Å². The largest absolute Gasteiger partial charge is 0.377 e. The highest BCUT2D eigenvalue weighted by Gasteiger charge is 2.33. The van der Waals surface area contributed by atoms with Gasteiger partial charge < -0.3 is 9.64 Å². The van der Waals surface area contributed by atoms with E-state index in [0.29, 0.717) is 24.3 Å². The van der Waals surface area contributed by atoms with E-state index in [-0.39, 0.29) is 18.3 Å². The van der Waals surface area contributed by atoms with Gasteiger partial charge in [0, 0.05) is 17.7 Å². The Morgan fingerprint density at radius 1 is 0.909 bits per heavy atom. The summed E-state index contributed by atoms with van der Waals surface area (Å²) >= 11 is 0. The molecule has 2 aromatic carbocycles. The molecule has 0 spiro atoms. The zero-order valence-corrected chi connectivity index (χ0v) is 12.1. The number of ether oxygens (including phenoxy) is 1. The Labute approximate surface area is 129 Å². The maximum absolute atomic E-state index is 12.7. The van der Waals surface area contributed by atoms with Crippen LogP contribution in [0.5, 0.6) is 0 Å². The first kappa shape index (κ1) is 14.5. The predicted molar refractivity (Wildman–Crippen MR) is 82.9 cm³/mol. The molecule has 1 atom stereocenters. The number of rotatable bonds is 3. The third kappa shape index (κ3) is 2.92. The maximum atomic E-state index is 12.7. The van der Waals surface area contributed by atoms with E-state index in [1.165, 1.54) is 0 Å². The minimum Gasteiger partial charge on any atom is -0.377 e. The van der Waals surface area contributed by atoms with Crippen LogP contribution in [0.1, 0.15) is 20.7 Å². The molecule has 1 heterocycles. The van der Waals surface area contributed by atoms with Crippen LogP contribution in [0.2, 0.25) is 0 Å². The Kier molecular flexibility index (Phi) is 4.30. The molecule has 3 rings (SSSR count). The molecule has 22 heavy (non-hydrogen) atoms. The highest BCUT2D eigenvalue weighted by Crippen LogP contribution is 2.16. The van der Waals surface area contributed by atoms with E-state index in [1.54, 1.807) is 29.2 Å². The number of morpholine rings is 1. The second kappa shape index (κ2) is 6.54. The van der Waals surface area contributed by atoms with Crippen molar-refractivity contribution in [2.24, 2.45) is 0 Å². The van der Waals surface area contributed by atoms with Crippen molar-refractivity contribution in [3.05, 3.63) is 71.8 Å². The minimum atomic E-state index is -0.566. The lowest BCUT2D eigenvalue weighted by molar-refractivity contribution is 0.00206.